The first kappa shape index (κ1) is 14.3. The Morgan fingerprint density at radius 2 is 1.89 bits per heavy atom. The first-order valence-electron chi connectivity index (χ1n) is 6.79. The molecule has 5 heteroatoms. The standard InChI is InChI=1S/C14H22N2O2S/c1-3-13(15-2)12-6-4-5-7-14(12)16-8-10-19(17,18)11-9-16/h4-7,13,15H,3,8-11H2,1-2H3. The number of rotatable bonds is 4. The lowest BCUT2D eigenvalue weighted by molar-refractivity contribution is 0.571. The van der Waals surface area contributed by atoms with E-state index in [4.69, 9.17) is 0 Å². The summed E-state index contributed by atoms with van der Waals surface area (Å²) >= 11 is 0. The lowest BCUT2D eigenvalue weighted by atomic mass is 10.0. The van der Waals surface area contributed by atoms with E-state index in [2.05, 4.69) is 29.3 Å². The molecule has 1 fully saturated rings. The molecule has 4 nitrogen and oxygen atoms in total. The quantitative estimate of drug-likeness (QED) is 0.911. The molecule has 1 aliphatic heterocycles. The van der Waals surface area contributed by atoms with Crippen molar-refractivity contribution in [3.05, 3.63) is 29.8 Å². The van der Waals surface area contributed by atoms with E-state index in [-0.39, 0.29) is 11.5 Å². The van der Waals surface area contributed by atoms with Gasteiger partial charge in [0.2, 0.25) is 0 Å². The third-order valence-corrected chi connectivity index (χ3v) is 5.36. The summed E-state index contributed by atoms with van der Waals surface area (Å²) < 4.78 is 23.0. The summed E-state index contributed by atoms with van der Waals surface area (Å²) in [6, 6.07) is 8.59. The molecular formula is C14H22N2O2S. The molecule has 19 heavy (non-hydrogen) atoms. The predicted octanol–water partition coefficient (Wildman–Crippen LogP) is 1.59. The van der Waals surface area contributed by atoms with Gasteiger partial charge in [0.05, 0.1) is 11.5 Å². The Hall–Kier alpha value is -1.07. The predicted molar refractivity (Wildman–Crippen MR) is 79.4 cm³/mol. The minimum atomic E-state index is -2.83. The van der Waals surface area contributed by atoms with E-state index in [1.54, 1.807) is 0 Å². The second kappa shape index (κ2) is 5.92. The number of hydrogen-bond acceptors (Lipinski definition) is 4. The van der Waals surface area contributed by atoms with Crippen LogP contribution in [0, 0.1) is 0 Å². The Labute approximate surface area is 115 Å². The highest BCUT2D eigenvalue weighted by Crippen LogP contribution is 2.28. The third kappa shape index (κ3) is 3.28. The van der Waals surface area contributed by atoms with E-state index < -0.39 is 9.84 Å². The van der Waals surface area contributed by atoms with Crippen LogP contribution in [0.25, 0.3) is 0 Å². The van der Waals surface area contributed by atoms with Crippen molar-refractivity contribution in [2.45, 2.75) is 19.4 Å². The monoisotopic (exact) mass is 282 g/mol. The number of para-hydroxylation sites is 1. The number of benzene rings is 1. The summed E-state index contributed by atoms with van der Waals surface area (Å²) in [7, 11) is -0.861. The van der Waals surface area contributed by atoms with Crippen LogP contribution >= 0.6 is 0 Å². The molecule has 106 valence electrons. The number of hydrogen-bond donors (Lipinski definition) is 1. The van der Waals surface area contributed by atoms with E-state index in [0.29, 0.717) is 19.1 Å². The molecule has 0 aromatic heterocycles. The number of sulfone groups is 1. The summed E-state index contributed by atoms with van der Waals surface area (Å²) in [5.74, 6) is 0.523. The summed E-state index contributed by atoms with van der Waals surface area (Å²) in [5.41, 5.74) is 2.42. The average Bonchev–Trinajstić information content (AvgIpc) is 2.41. The van der Waals surface area contributed by atoms with Crippen LogP contribution in [0.15, 0.2) is 24.3 Å². The normalized spacial score (nSPS) is 20.2. The third-order valence-electron chi connectivity index (χ3n) is 3.75. The van der Waals surface area contributed by atoms with Crippen LogP contribution in [0.3, 0.4) is 0 Å². The van der Waals surface area contributed by atoms with Gasteiger partial charge in [0.1, 0.15) is 0 Å². The van der Waals surface area contributed by atoms with Crippen molar-refractivity contribution in [3.63, 3.8) is 0 Å². The van der Waals surface area contributed by atoms with Crippen molar-refractivity contribution in [2.24, 2.45) is 0 Å². The van der Waals surface area contributed by atoms with Crippen molar-refractivity contribution in [1.82, 2.24) is 5.32 Å². The Balaban J connectivity index is 2.25. The van der Waals surface area contributed by atoms with Crippen LogP contribution in [0.2, 0.25) is 0 Å². The second-order valence-electron chi connectivity index (χ2n) is 4.95. The molecule has 1 aromatic carbocycles. The van der Waals surface area contributed by atoms with Gasteiger partial charge in [0.25, 0.3) is 0 Å². The minimum Gasteiger partial charge on any atom is -0.369 e. The molecule has 1 N–H and O–H groups in total. The largest absolute Gasteiger partial charge is 0.369 e. The van der Waals surface area contributed by atoms with Gasteiger partial charge in [-0.15, -0.1) is 0 Å². The average molecular weight is 282 g/mol. The van der Waals surface area contributed by atoms with E-state index in [1.165, 1.54) is 11.3 Å². The zero-order chi connectivity index (χ0) is 13.9. The van der Waals surface area contributed by atoms with E-state index >= 15 is 0 Å². The lowest BCUT2D eigenvalue weighted by Crippen LogP contribution is -2.41. The summed E-state index contributed by atoms with van der Waals surface area (Å²) in [6.45, 7) is 3.34. The zero-order valence-electron chi connectivity index (χ0n) is 11.6. The Morgan fingerprint density at radius 1 is 1.26 bits per heavy atom. The maximum atomic E-state index is 11.5. The molecular weight excluding hydrogens is 260 g/mol. The molecule has 1 aromatic rings. The number of nitrogens with zero attached hydrogens (tertiary/aromatic N) is 1. The minimum absolute atomic E-state index is 0.262. The summed E-state index contributed by atoms with van der Waals surface area (Å²) in [6.07, 6.45) is 1.01. The smallest absolute Gasteiger partial charge is 0.153 e. The molecule has 0 bridgehead atoms. The number of nitrogens with one attached hydrogen (secondary N) is 1. The number of anilines is 1. The van der Waals surface area contributed by atoms with Gasteiger partial charge < -0.3 is 10.2 Å². The molecule has 0 saturated carbocycles. The Kier molecular flexibility index (Phi) is 4.47. The summed E-state index contributed by atoms with van der Waals surface area (Å²) in [5, 5.41) is 3.32. The van der Waals surface area contributed by atoms with Crippen molar-refractivity contribution in [2.75, 3.05) is 36.5 Å². The molecule has 0 spiro atoms. The molecule has 1 saturated heterocycles. The molecule has 2 rings (SSSR count). The van der Waals surface area contributed by atoms with Crippen LogP contribution in [0.1, 0.15) is 24.9 Å². The maximum absolute atomic E-state index is 11.5. The van der Waals surface area contributed by atoms with Gasteiger partial charge in [-0.25, -0.2) is 8.42 Å². The molecule has 1 aliphatic rings. The molecule has 0 amide bonds. The van der Waals surface area contributed by atoms with Gasteiger partial charge >= 0.3 is 0 Å². The van der Waals surface area contributed by atoms with E-state index in [0.717, 1.165) is 6.42 Å². The van der Waals surface area contributed by atoms with Crippen LogP contribution < -0.4 is 10.2 Å². The summed E-state index contributed by atoms with van der Waals surface area (Å²) in [4.78, 5) is 2.19. The fourth-order valence-electron chi connectivity index (χ4n) is 2.60. The molecule has 0 aliphatic carbocycles. The Bertz CT molecular complexity index is 510. The first-order valence-corrected chi connectivity index (χ1v) is 8.61. The van der Waals surface area contributed by atoms with Crippen molar-refractivity contribution < 1.29 is 8.42 Å². The molecule has 1 heterocycles. The van der Waals surface area contributed by atoms with Gasteiger partial charge in [-0.1, -0.05) is 25.1 Å². The van der Waals surface area contributed by atoms with Crippen molar-refractivity contribution in [1.29, 1.82) is 0 Å². The molecule has 1 unspecified atom stereocenters. The van der Waals surface area contributed by atoms with Gasteiger partial charge in [-0.2, -0.15) is 0 Å². The van der Waals surface area contributed by atoms with Crippen LogP contribution in [0.5, 0.6) is 0 Å². The van der Waals surface area contributed by atoms with Crippen molar-refractivity contribution >= 4 is 15.5 Å². The topological polar surface area (TPSA) is 49.4 Å². The second-order valence-corrected chi connectivity index (χ2v) is 7.25. The van der Waals surface area contributed by atoms with Gasteiger partial charge in [-0.05, 0) is 25.1 Å². The fraction of sp³-hybridized carbons (Fsp3) is 0.571. The highest BCUT2D eigenvalue weighted by atomic mass is 32.2. The highest BCUT2D eigenvalue weighted by molar-refractivity contribution is 7.91. The van der Waals surface area contributed by atoms with Gasteiger partial charge in [-0.3, -0.25) is 0 Å². The van der Waals surface area contributed by atoms with E-state index in [9.17, 15) is 8.42 Å². The van der Waals surface area contributed by atoms with Crippen LogP contribution in [-0.4, -0.2) is 40.1 Å². The lowest BCUT2D eigenvalue weighted by Gasteiger charge is -2.32. The van der Waals surface area contributed by atoms with Gasteiger partial charge in [0.15, 0.2) is 9.84 Å². The highest BCUT2D eigenvalue weighted by Gasteiger charge is 2.24. The zero-order valence-corrected chi connectivity index (χ0v) is 12.4. The molecule has 1 atom stereocenters. The van der Waals surface area contributed by atoms with Gasteiger partial charge in [0, 0.05) is 24.8 Å². The van der Waals surface area contributed by atoms with Crippen LogP contribution in [0.4, 0.5) is 5.69 Å². The van der Waals surface area contributed by atoms with Crippen LogP contribution in [-0.2, 0) is 9.84 Å². The SMILES string of the molecule is CCC(NC)c1ccccc1N1CCS(=O)(=O)CC1. The molecule has 0 radical (unpaired) electrons. The van der Waals surface area contributed by atoms with E-state index in [1.807, 2.05) is 19.2 Å². The van der Waals surface area contributed by atoms with Crippen molar-refractivity contribution in [3.8, 4) is 0 Å². The maximum Gasteiger partial charge on any atom is 0.153 e. The fourth-order valence-corrected chi connectivity index (χ4v) is 3.80. The first-order chi connectivity index (χ1) is 9.07. The Morgan fingerprint density at radius 3 is 2.47 bits per heavy atom.